The van der Waals surface area contributed by atoms with Crippen LogP contribution in [-0.4, -0.2) is 18.4 Å². The average molecular weight is 405 g/mol. The fourth-order valence-electron chi connectivity index (χ4n) is 2.09. The number of amides is 2. The maximum Gasteiger partial charge on any atom is 0.273 e. The number of halogens is 1. The number of hydrogen-bond donors (Lipinski definition) is 2. The standard InChI is InChI=1S/C19H21BrN2O3/c1-3-4-11-25-17-10-9-15(20)12-16(17)19(24)22-21-18(23)14-7-5-13(2)6-8-14/h5-10,12H,3-4,11H2,1-2H3,(H,21,23)(H,22,24). The van der Waals surface area contributed by atoms with Crippen LogP contribution in [0.25, 0.3) is 0 Å². The summed E-state index contributed by atoms with van der Waals surface area (Å²) in [4.78, 5) is 24.5. The topological polar surface area (TPSA) is 67.4 Å². The van der Waals surface area contributed by atoms with Gasteiger partial charge in [-0.3, -0.25) is 20.4 Å². The molecule has 132 valence electrons. The summed E-state index contributed by atoms with van der Waals surface area (Å²) in [6.45, 7) is 4.55. The monoisotopic (exact) mass is 404 g/mol. The highest BCUT2D eigenvalue weighted by atomic mass is 79.9. The summed E-state index contributed by atoms with van der Waals surface area (Å²) in [5.41, 5.74) is 6.74. The largest absolute Gasteiger partial charge is 0.493 e. The van der Waals surface area contributed by atoms with Crippen LogP contribution >= 0.6 is 15.9 Å². The number of rotatable bonds is 6. The number of carbonyl (C=O) groups is 2. The Labute approximate surface area is 155 Å². The van der Waals surface area contributed by atoms with Crippen molar-refractivity contribution >= 4 is 27.7 Å². The van der Waals surface area contributed by atoms with Crippen molar-refractivity contribution in [2.45, 2.75) is 26.7 Å². The molecule has 0 aromatic heterocycles. The normalized spacial score (nSPS) is 10.2. The second kappa shape index (κ2) is 9.22. The SMILES string of the molecule is CCCCOc1ccc(Br)cc1C(=O)NNC(=O)c1ccc(C)cc1. The number of ether oxygens (including phenoxy) is 1. The maximum absolute atomic E-state index is 12.4. The first-order valence-electron chi connectivity index (χ1n) is 8.11. The molecule has 0 radical (unpaired) electrons. The van der Waals surface area contributed by atoms with Crippen LogP contribution in [0, 0.1) is 6.92 Å². The van der Waals surface area contributed by atoms with Crippen molar-refractivity contribution in [2.24, 2.45) is 0 Å². The molecule has 0 bridgehead atoms. The van der Waals surface area contributed by atoms with Crippen molar-refractivity contribution in [1.29, 1.82) is 0 Å². The summed E-state index contributed by atoms with van der Waals surface area (Å²) in [6.07, 6.45) is 1.91. The Bertz CT molecular complexity index is 745. The van der Waals surface area contributed by atoms with Gasteiger partial charge in [-0.2, -0.15) is 0 Å². The lowest BCUT2D eigenvalue weighted by Gasteiger charge is -2.13. The average Bonchev–Trinajstić information content (AvgIpc) is 2.61. The van der Waals surface area contributed by atoms with E-state index in [4.69, 9.17) is 4.74 Å². The highest BCUT2D eigenvalue weighted by Gasteiger charge is 2.15. The summed E-state index contributed by atoms with van der Waals surface area (Å²) < 4.78 is 6.42. The van der Waals surface area contributed by atoms with E-state index in [9.17, 15) is 9.59 Å². The van der Waals surface area contributed by atoms with Crippen LogP contribution in [0.4, 0.5) is 0 Å². The van der Waals surface area contributed by atoms with Gasteiger partial charge in [0.15, 0.2) is 0 Å². The minimum atomic E-state index is -0.437. The van der Waals surface area contributed by atoms with Gasteiger partial charge in [-0.05, 0) is 43.7 Å². The van der Waals surface area contributed by atoms with E-state index in [2.05, 4.69) is 33.7 Å². The summed E-state index contributed by atoms with van der Waals surface area (Å²) in [5, 5.41) is 0. The Morgan fingerprint density at radius 3 is 2.40 bits per heavy atom. The van der Waals surface area contributed by atoms with Crippen LogP contribution in [0.3, 0.4) is 0 Å². The van der Waals surface area contributed by atoms with Crippen LogP contribution < -0.4 is 15.6 Å². The van der Waals surface area contributed by atoms with Gasteiger partial charge in [0.1, 0.15) is 5.75 Å². The molecule has 6 heteroatoms. The molecule has 0 saturated carbocycles. The number of hydrazine groups is 1. The molecule has 2 aromatic carbocycles. The molecule has 0 unspecified atom stereocenters. The molecule has 2 rings (SSSR count). The summed E-state index contributed by atoms with van der Waals surface area (Å²) >= 11 is 3.35. The Morgan fingerprint density at radius 1 is 1.04 bits per heavy atom. The quantitative estimate of drug-likeness (QED) is 0.564. The molecule has 0 spiro atoms. The number of carbonyl (C=O) groups excluding carboxylic acids is 2. The van der Waals surface area contributed by atoms with Crippen LogP contribution in [0.15, 0.2) is 46.9 Å². The molecular formula is C19H21BrN2O3. The Hall–Kier alpha value is -2.34. The van der Waals surface area contributed by atoms with E-state index < -0.39 is 5.91 Å². The minimum absolute atomic E-state index is 0.356. The molecule has 0 fully saturated rings. The van der Waals surface area contributed by atoms with Gasteiger partial charge in [-0.15, -0.1) is 0 Å². The first-order valence-corrected chi connectivity index (χ1v) is 8.90. The van der Waals surface area contributed by atoms with Gasteiger partial charge in [0.25, 0.3) is 11.8 Å². The molecule has 0 heterocycles. The fraction of sp³-hybridized carbons (Fsp3) is 0.263. The van der Waals surface area contributed by atoms with Gasteiger partial charge in [0, 0.05) is 10.0 Å². The third-order valence-corrected chi connectivity index (χ3v) is 4.04. The third-order valence-electron chi connectivity index (χ3n) is 3.55. The van der Waals surface area contributed by atoms with Gasteiger partial charge in [-0.1, -0.05) is 47.0 Å². The molecule has 0 atom stereocenters. The lowest BCUT2D eigenvalue weighted by molar-refractivity contribution is 0.0844. The van der Waals surface area contributed by atoms with Crippen LogP contribution in [0.1, 0.15) is 46.0 Å². The molecule has 25 heavy (non-hydrogen) atoms. The first kappa shape index (κ1) is 19.0. The van der Waals surface area contributed by atoms with E-state index in [0.29, 0.717) is 23.5 Å². The van der Waals surface area contributed by atoms with Crippen molar-refractivity contribution in [1.82, 2.24) is 10.9 Å². The van der Waals surface area contributed by atoms with Crippen molar-refractivity contribution in [2.75, 3.05) is 6.61 Å². The van der Waals surface area contributed by atoms with Crippen LogP contribution in [0.5, 0.6) is 5.75 Å². The van der Waals surface area contributed by atoms with E-state index in [1.165, 1.54) is 0 Å². The van der Waals surface area contributed by atoms with Crippen LogP contribution in [-0.2, 0) is 0 Å². The number of aryl methyl sites for hydroxylation is 1. The second-order valence-electron chi connectivity index (χ2n) is 5.62. The molecule has 2 N–H and O–H groups in total. The summed E-state index contributed by atoms with van der Waals surface area (Å²) in [5.74, 6) is -0.330. The van der Waals surface area contributed by atoms with E-state index in [1.807, 2.05) is 25.1 Å². The molecule has 0 aliphatic heterocycles. The number of hydrogen-bond acceptors (Lipinski definition) is 3. The fourth-order valence-corrected chi connectivity index (χ4v) is 2.45. The van der Waals surface area contributed by atoms with Crippen molar-refractivity contribution in [3.05, 3.63) is 63.6 Å². The van der Waals surface area contributed by atoms with Crippen molar-refractivity contribution < 1.29 is 14.3 Å². The third kappa shape index (κ3) is 5.60. The maximum atomic E-state index is 12.4. The lowest BCUT2D eigenvalue weighted by Crippen LogP contribution is -2.41. The van der Waals surface area contributed by atoms with E-state index >= 15 is 0 Å². The predicted molar refractivity (Wildman–Crippen MR) is 101 cm³/mol. The highest BCUT2D eigenvalue weighted by molar-refractivity contribution is 9.10. The predicted octanol–water partition coefficient (Wildman–Crippen LogP) is 4.01. The molecule has 2 amide bonds. The number of benzene rings is 2. The molecule has 5 nitrogen and oxygen atoms in total. The highest BCUT2D eigenvalue weighted by Crippen LogP contribution is 2.23. The van der Waals surface area contributed by atoms with Gasteiger partial charge in [-0.25, -0.2) is 0 Å². The van der Waals surface area contributed by atoms with E-state index in [1.54, 1.807) is 24.3 Å². The zero-order valence-corrected chi connectivity index (χ0v) is 15.9. The lowest BCUT2D eigenvalue weighted by atomic mass is 10.1. The van der Waals surface area contributed by atoms with Crippen LogP contribution in [0.2, 0.25) is 0 Å². The Kier molecular flexibility index (Phi) is 7.01. The van der Waals surface area contributed by atoms with Gasteiger partial charge in [0.2, 0.25) is 0 Å². The van der Waals surface area contributed by atoms with Crippen molar-refractivity contribution in [3.63, 3.8) is 0 Å². The zero-order valence-electron chi connectivity index (χ0n) is 14.3. The van der Waals surface area contributed by atoms with Gasteiger partial charge in [0.05, 0.1) is 12.2 Å². The molecular weight excluding hydrogens is 384 g/mol. The summed E-state index contributed by atoms with van der Waals surface area (Å²) in [6, 6.07) is 12.3. The van der Waals surface area contributed by atoms with Gasteiger partial charge < -0.3 is 4.74 Å². The molecule has 2 aromatic rings. The van der Waals surface area contributed by atoms with Crippen molar-refractivity contribution in [3.8, 4) is 5.75 Å². The second-order valence-corrected chi connectivity index (χ2v) is 6.53. The zero-order chi connectivity index (χ0) is 18.2. The number of unbranched alkanes of at least 4 members (excludes halogenated alkanes) is 1. The molecule has 0 saturated heterocycles. The summed E-state index contributed by atoms with van der Waals surface area (Å²) in [7, 11) is 0. The Morgan fingerprint density at radius 2 is 1.72 bits per heavy atom. The molecule has 0 aliphatic rings. The minimum Gasteiger partial charge on any atom is -0.493 e. The smallest absolute Gasteiger partial charge is 0.273 e. The van der Waals surface area contributed by atoms with Gasteiger partial charge >= 0.3 is 0 Å². The molecule has 0 aliphatic carbocycles. The van der Waals surface area contributed by atoms with E-state index in [0.717, 1.165) is 22.9 Å². The Balaban J connectivity index is 2.03. The first-order chi connectivity index (χ1) is 12.0. The van der Waals surface area contributed by atoms with E-state index in [-0.39, 0.29) is 5.91 Å². The number of nitrogens with one attached hydrogen (secondary N) is 2.